The normalized spacial score (nSPS) is 22.8. The van der Waals surface area contributed by atoms with Gasteiger partial charge >= 0.3 is 0 Å². The first-order valence-electron chi connectivity index (χ1n) is 9.17. The molecule has 2 unspecified atom stereocenters. The Hall–Kier alpha value is -2.90. The van der Waals surface area contributed by atoms with Gasteiger partial charge in [0.1, 0.15) is 12.1 Å². The molecule has 2 saturated heterocycles. The minimum absolute atomic E-state index is 0.105. The number of nitrogens with zero attached hydrogens (tertiary/aromatic N) is 2. The summed E-state index contributed by atoms with van der Waals surface area (Å²) in [5.74, 6) is -1.02. The fourth-order valence-electron chi connectivity index (χ4n) is 3.51. The molecule has 2 N–H and O–H groups in total. The molecule has 0 saturated carbocycles. The summed E-state index contributed by atoms with van der Waals surface area (Å²) in [6.07, 6.45) is 1.35. The summed E-state index contributed by atoms with van der Waals surface area (Å²) in [6.45, 7) is 2.76. The van der Waals surface area contributed by atoms with Gasteiger partial charge in [0.15, 0.2) is 0 Å². The van der Waals surface area contributed by atoms with E-state index < -0.39 is 18.0 Å². The summed E-state index contributed by atoms with van der Waals surface area (Å²) in [5.41, 5.74) is 0.541. The molecule has 2 aliphatic rings. The van der Waals surface area contributed by atoms with Gasteiger partial charge < -0.3 is 20.4 Å². The van der Waals surface area contributed by atoms with Crippen LogP contribution in [0.15, 0.2) is 30.3 Å². The van der Waals surface area contributed by atoms with Crippen molar-refractivity contribution in [3.63, 3.8) is 0 Å². The number of rotatable bonds is 3. The second-order valence-corrected chi connectivity index (χ2v) is 6.84. The summed E-state index contributed by atoms with van der Waals surface area (Å²) < 4.78 is 0. The van der Waals surface area contributed by atoms with E-state index in [1.807, 2.05) is 6.07 Å². The third kappa shape index (κ3) is 4.27. The van der Waals surface area contributed by atoms with Crippen LogP contribution in [-0.4, -0.2) is 71.7 Å². The summed E-state index contributed by atoms with van der Waals surface area (Å²) in [4.78, 5) is 52.5. The van der Waals surface area contributed by atoms with Crippen LogP contribution in [-0.2, 0) is 14.4 Å². The Bertz CT molecular complexity index is 736. The molecule has 0 aliphatic carbocycles. The number of amides is 4. The van der Waals surface area contributed by atoms with Crippen LogP contribution >= 0.6 is 0 Å². The van der Waals surface area contributed by atoms with Crippen molar-refractivity contribution in [3.05, 3.63) is 35.9 Å². The van der Waals surface area contributed by atoms with Gasteiger partial charge in [-0.25, -0.2) is 0 Å². The molecule has 144 valence electrons. The summed E-state index contributed by atoms with van der Waals surface area (Å²) >= 11 is 0. The van der Waals surface area contributed by atoms with Crippen LogP contribution in [0.5, 0.6) is 0 Å². The van der Waals surface area contributed by atoms with Crippen molar-refractivity contribution in [1.82, 2.24) is 20.4 Å². The smallest absolute Gasteiger partial charge is 0.253 e. The van der Waals surface area contributed by atoms with Crippen LogP contribution in [0.1, 0.15) is 30.1 Å². The van der Waals surface area contributed by atoms with Crippen LogP contribution in [0.4, 0.5) is 0 Å². The number of piperidine rings is 1. The first-order chi connectivity index (χ1) is 13.0. The zero-order valence-corrected chi connectivity index (χ0v) is 15.3. The molecule has 27 heavy (non-hydrogen) atoms. The molecule has 2 aliphatic heterocycles. The topological polar surface area (TPSA) is 98.8 Å². The van der Waals surface area contributed by atoms with Gasteiger partial charge in [-0.05, 0) is 25.0 Å². The van der Waals surface area contributed by atoms with E-state index in [0.717, 1.165) is 6.42 Å². The average Bonchev–Trinajstić information content (AvgIpc) is 2.69. The highest BCUT2D eigenvalue weighted by Gasteiger charge is 2.37. The van der Waals surface area contributed by atoms with Gasteiger partial charge in [0, 0.05) is 32.1 Å². The number of benzene rings is 1. The average molecular weight is 372 g/mol. The molecule has 2 atom stereocenters. The number of carbonyl (C=O) groups excluding carboxylic acids is 4. The van der Waals surface area contributed by atoms with Crippen molar-refractivity contribution in [2.24, 2.45) is 0 Å². The maximum Gasteiger partial charge on any atom is 0.253 e. The molecule has 4 amide bonds. The molecule has 0 aromatic heterocycles. The van der Waals surface area contributed by atoms with E-state index in [1.54, 1.807) is 29.2 Å². The third-order valence-electron chi connectivity index (χ3n) is 5.00. The molecule has 8 nitrogen and oxygen atoms in total. The van der Waals surface area contributed by atoms with Gasteiger partial charge in [-0.15, -0.1) is 0 Å². The molecule has 8 heteroatoms. The molecular weight excluding hydrogens is 348 g/mol. The molecule has 2 heterocycles. The number of hydrogen-bond acceptors (Lipinski definition) is 4. The molecule has 0 bridgehead atoms. The predicted octanol–water partition coefficient (Wildman–Crippen LogP) is -0.246. The lowest BCUT2D eigenvalue weighted by Crippen LogP contribution is -2.63. The Morgan fingerprint density at radius 3 is 2.56 bits per heavy atom. The number of carbonyl (C=O) groups is 4. The van der Waals surface area contributed by atoms with Gasteiger partial charge in [-0.1, -0.05) is 18.2 Å². The summed E-state index contributed by atoms with van der Waals surface area (Å²) in [5, 5.41) is 5.46. The minimum atomic E-state index is -0.807. The van der Waals surface area contributed by atoms with Crippen molar-refractivity contribution in [2.75, 3.05) is 26.2 Å². The van der Waals surface area contributed by atoms with Crippen LogP contribution in [0.2, 0.25) is 0 Å². The van der Waals surface area contributed by atoms with Crippen LogP contribution < -0.4 is 10.6 Å². The number of piperazine rings is 1. The SMILES string of the molecule is CC(=O)N1CCN(C(=O)c2ccccc2)CC1C(=O)NC1CCCNC1=O. The van der Waals surface area contributed by atoms with E-state index >= 15 is 0 Å². The zero-order chi connectivity index (χ0) is 19.4. The lowest BCUT2D eigenvalue weighted by Gasteiger charge is -2.40. The molecule has 1 aromatic carbocycles. The third-order valence-corrected chi connectivity index (χ3v) is 5.00. The standard InChI is InChI=1S/C19H24N4O4/c1-13(24)23-11-10-22(19(27)14-6-3-2-4-7-14)12-16(23)18(26)21-15-8-5-9-20-17(15)25/h2-4,6-7,15-16H,5,8-12H2,1H3,(H,20,25)(H,21,26). The summed E-state index contributed by atoms with van der Waals surface area (Å²) in [7, 11) is 0. The Morgan fingerprint density at radius 1 is 1.15 bits per heavy atom. The van der Waals surface area contributed by atoms with E-state index in [-0.39, 0.29) is 30.8 Å². The Labute approximate surface area is 157 Å². The van der Waals surface area contributed by atoms with Crippen molar-refractivity contribution >= 4 is 23.6 Å². The highest BCUT2D eigenvalue weighted by molar-refractivity contribution is 5.96. The minimum Gasteiger partial charge on any atom is -0.354 e. The Kier molecular flexibility index (Phi) is 5.73. The van der Waals surface area contributed by atoms with Crippen molar-refractivity contribution < 1.29 is 19.2 Å². The van der Waals surface area contributed by atoms with E-state index in [9.17, 15) is 19.2 Å². The number of nitrogens with one attached hydrogen (secondary N) is 2. The second kappa shape index (κ2) is 8.20. The maximum absolute atomic E-state index is 12.8. The lowest BCUT2D eigenvalue weighted by atomic mass is 10.0. The Morgan fingerprint density at radius 2 is 1.89 bits per heavy atom. The monoisotopic (exact) mass is 372 g/mol. The quantitative estimate of drug-likeness (QED) is 0.765. The van der Waals surface area contributed by atoms with Crippen LogP contribution in [0.3, 0.4) is 0 Å². The van der Waals surface area contributed by atoms with E-state index in [0.29, 0.717) is 25.1 Å². The highest BCUT2D eigenvalue weighted by atomic mass is 16.2. The van der Waals surface area contributed by atoms with Crippen LogP contribution in [0.25, 0.3) is 0 Å². The molecule has 2 fully saturated rings. The van der Waals surface area contributed by atoms with Gasteiger partial charge in [-0.3, -0.25) is 19.2 Å². The molecule has 0 spiro atoms. The Balaban J connectivity index is 1.73. The first kappa shape index (κ1) is 18.9. The van der Waals surface area contributed by atoms with Gasteiger partial charge in [0.25, 0.3) is 5.91 Å². The lowest BCUT2D eigenvalue weighted by molar-refractivity contribution is -0.143. The fourth-order valence-corrected chi connectivity index (χ4v) is 3.51. The van der Waals surface area contributed by atoms with Crippen molar-refractivity contribution in [1.29, 1.82) is 0 Å². The zero-order valence-electron chi connectivity index (χ0n) is 15.3. The van der Waals surface area contributed by atoms with Crippen LogP contribution in [0, 0.1) is 0 Å². The van der Waals surface area contributed by atoms with Gasteiger partial charge in [-0.2, -0.15) is 0 Å². The first-order valence-corrected chi connectivity index (χ1v) is 9.17. The molecule has 1 aromatic rings. The summed E-state index contributed by atoms with van der Waals surface area (Å²) in [6, 6.07) is 7.44. The predicted molar refractivity (Wildman–Crippen MR) is 97.7 cm³/mol. The van der Waals surface area contributed by atoms with Gasteiger partial charge in [0.05, 0.1) is 6.54 Å². The fraction of sp³-hybridized carbons (Fsp3) is 0.474. The molecule has 0 radical (unpaired) electrons. The van der Waals surface area contributed by atoms with E-state index in [1.165, 1.54) is 11.8 Å². The van der Waals surface area contributed by atoms with E-state index in [4.69, 9.17) is 0 Å². The van der Waals surface area contributed by atoms with Crippen molar-refractivity contribution in [2.45, 2.75) is 31.8 Å². The molecule has 3 rings (SSSR count). The number of hydrogen-bond donors (Lipinski definition) is 2. The highest BCUT2D eigenvalue weighted by Crippen LogP contribution is 2.15. The van der Waals surface area contributed by atoms with Gasteiger partial charge in [0.2, 0.25) is 17.7 Å². The second-order valence-electron chi connectivity index (χ2n) is 6.84. The maximum atomic E-state index is 12.8. The van der Waals surface area contributed by atoms with E-state index in [2.05, 4.69) is 10.6 Å². The molecular formula is C19H24N4O4. The van der Waals surface area contributed by atoms with Crippen molar-refractivity contribution in [3.8, 4) is 0 Å². The largest absolute Gasteiger partial charge is 0.354 e.